The van der Waals surface area contributed by atoms with Crippen LogP contribution in [-0.4, -0.2) is 24.5 Å². The third-order valence-electron chi connectivity index (χ3n) is 4.72. The maximum atomic E-state index is 4.51. The molecule has 0 fully saturated rings. The fourth-order valence-corrected chi connectivity index (χ4v) is 4.82. The molecule has 5 nitrogen and oxygen atoms in total. The molecule has 7 heteroatoms. The lowest BCUT2D eigenvalue weighted by molar-refractivity contribution is 0.715. The van der Waals surface area contributed by atoms with Crippen LogP contribution in [0.5, 0.6) is 0 Å². The molecule has 0 saturated heterocycles. The minimum Gasteiger partial charge on any atom is -0.297 e. The van der Waals surface area contributed by atoms with Crippen LogP contribution in [0.2, 0.25) is 0 Å². The second-order valence-electron chi connectivity index (χ2n) is 6.76. The number of hydrogen-bond acceptors (Lipinski definition) is 5. The van der Waals surface area contributed by atoms with Crippen LogP contribution in [0, 0.1) is 0 Å². The quantitative estimate of drug-likeness (QED) is 0.319. The number of thioether (sulfide) groups is 1. The summed E-state index contributed by atoms with van der Waals surface area (Å²) in [5, 5.41) is 16.3. The molecule has 0 bridgehead atoms. The summed E-state index contributed by atoms with van der Waals surface area (Å²) in [5.41, 5.74) is 3.53. The first kappa shape index (κ1) is 18.8. The Morgan fingerprint density at radius 2 is 1.70 bits per heavy atom. The molecule has 0 atom stereocenters. The van der Waals surface area contributed by atoms with E-state index in [4.69, 9.17) is 0 Å². The molecule has 3 aromatic heterocycles. The molecule has 0 aliphatic heterocycles. The molecule has 0 aliphatic rings. The van der Waals surface area contributed by atoms with Gasteiger partial charge in [-0.15, -0.1) is 21.5 Å². The van der Waals surface area contributed by atoms with E-state index in [1.165, 1.54) is 11.1 Å². The van der Waals surface area contributed by atoms with Crippen molar-refractivity contribution in [3.05, 3.63) is 102 Å². The van der Waals surface area contributed by atoms with E-state index in [9.17, 15) is 0 Å². The molecular weight excluding hydrogens is 410 g/mol. The van der Waals surface area contributed by atoms with Crippen molar-refractivity contribution < 1.29 is 0 Å². The van der Waals surface area contributed by atoms with Gasteiger partial charge < -0.3 is 0 Å². The highest BCUT2D eigenvalue weighted by Crippen LogP contribution is 2.29. The Morgan fingerprint density at radius 3 is 2.43 bits per heavy atom. The molecule has 3 heterocycles. The molecule has 0 aliphatic carbocycles. The van der Waals surface area contributed by atoms with E-state index in [0.29, 0.717) is 0 Å². The third kappa shape index (κ3) is 4.08. The van der Waals surface area contributed by atoms with E-state index in [1.807, 2.05) is 23.0 Å². The zero-order chi connectivity index (χ0) is 20.2. The van der Waals surface area contributed by atoms with Gasteiger partial charge in [0.25, 0.3) is 0 Å². The van der Waals surface area contributed by atoms with Gasteiger partial charge in [-0.25, -0.2) is 4.68 Å². The van der Waals surface area contributed by atoms with Gasteiger partial charge in [-0.2, -0.15) is 5.10 Å². The number of rotatable bonds is 7. The highest BCUT2D eigenvalue weighted by atomic mass is 32.2. The van der Waals surface area contributed by atoms with E-state index in [2.05, 4.69) is 85.9 Å². The minimum absolute atomic E-state index is 0.752. The zero-order valence-corrected chi connectivity index (χ0v) is 17.8. The first-order chi connectivity index (χ1) is 14.9. The molecule has 0 saturated carbocycles. The van der Waals surface area contributed by atoms with Gasteiger partial charge in [0.15, 0.2) is 11.0 Å². The van der Waals surface area contributed by atoms with Crippen molar-refractivity contribution in [2.45, 2.75) is 17.5 Å². The van der Waals surface area contributed by atoms with Gasteiger partial charge in [-0.1, -0.05) is 60.3 Å². The number of hydrogen-bond donors (Lipinski definition) is 0. The Labute approximate surface area is 183 Å². The molecule has 0 N–H and O–H groups in total. The van der Waals surface area contributed by atoms with Crippen LogP contribution in [0.3, 0.4) is 0 Å². The van der Waals surface area contributed by atoms with Gasteiger partial charge in [0.2, 0.25) is 0 Å². The smallest absolute Gasteiger partial charge is 0.192 e. The van der Waals surface area contributed by atoms with E-state index >= 15 is 0 Å². The summed E-state index contributed by atoms with van der Waals surface area (Å²) >= 11 is 3.40. The molecular formula is C23H19N5S2. The molecule has 0 amide bonds. The molecule has 0 radical (unpaired) electrons. The second kappa shape index (κ2) is 8.69. The predicted molar refractivity (Wildman–Crippen MR) is 122 cm³/mol. The highest BCUT2D eigenvalue weighted by molar-refractivity contribution is 7.98. The lowest BCUT2D eigenvalue weighted by Gasteiger charge is -2.10. The lowest BCUT2D eigenvalue weighted by Crippen LogP contribution is -2.03. The van der Waals surface area contributed by atoms with Gasteiger partial charge >= 0.3 is 0 Å². The van der Waals surface area contributed by atoms with Crippen molar-refractivity contribution in [2.75, 3.05) is 0 Å². The number of aromatic nitrogens is 5. The minimum atomic E-state index is 0.752. The molecule has 0 unspecified atom stereocenters. The van der Waals surface area contributed by atoms with Gasteiger partial charge in [-0.3, -0.25) is 4.57 Å². The molecule has 0 spiro atoms. The molecule has 148 valence electrons. The third-order valence-corrected chi connectivity index (χ3v) is 6.62. The Hall–Kier alpha value is -3.16. The molecule has 30 heavy (non-hydrogen) atoms. The van der Waals surface area contributed by atoms with Crippen molar-refractivity contribution in [1.29, 1.82) is 0 Å². The standard InChI is InChI=1S/C23H19N5S2/c1-2-6-18(7-3-1)16-27-22(21-8-4-15-29-21)25-26-23(27)30-17-19-9-11-20(12-10-19)28-14-5-13-24-28/h1-15H,16-17H2. The van der Waals surface area contributed by atoms with E-state index in [-0.39, 0.29) is 0 Å². The lowest BCUT2D eigenvalue weighted by atomic mass is 10.2. The predicted octanol–water partition coefficient (Wildman–Crippen LogP) is 5.53. The largest absolute Gasteiger partial charge is 0.297 e. The van der Waals surface area contributed by atoms with Crippen molar-refractivity contribution >= 4 is 23.1 Å². The Bertz CT molecular complexity index is 1190. The summed E-state index contributed by atoms with van der Waals surface area (Å²) in [7, 11) is 0. The molecule has 2 aromatic carbocycles. The summed E-state index contributed by atoms with van der Waals surface area (Å²) in [5.74, 6) is 1.75. The summed E-state index contributed by atoms with van der Waals surface area (Å²) in [6, 6.07) is 25.0. The van der Waals surface area contributed by atoms with Crippen molar-refractivity contribution in [2.24, 2.45) is 0 Å². The van der Waals surface area contributed by atoms with Crippen molar-refractivity contribution in [1.82, 2.24) is 24.5 Å². The van der Waals surface area contributed by atoms with E-state index < -0.39 is 0 Å². The Kier molecular flexibility index (Phi) is 5.46. The monoisotopic (exact) mass is 429 g/mol. The first-order valence-electron chi connectivity index (χ1n) is 9.59. The molecule has 5 aromatic rings. The van der Waals surface area contributed by atoms with Crippen LogP contribution in [0.4, 0.5) is 0 Å². The zero-order valence-electron chi connectivity index (χ0n) is 16.1. The Morgan fingerprint density at radius 1 is 0.833 bits per heavy atom. The van der Waals surface area contributed by atoms with E-state index in [1.54, 1.807) is 29.3 Å². The fourth-order valence-electron chi connectivity index (χ4n) is 3.21. The second-order valence-corrected chi connectivity index (χ2v) is 8.65. The summed E-state index contributed by atoms with van der Waals surface area (Å²) in [6.45, 7) is 0.752. The maximum Gasteiger partial charge on any atom is 0.192 e. The summed E-state index contributed by atoms with van der Waals surface area (Å²) in [6.07, 6.45) is 3.73. The van der Waals surface area contributed by atoms with Crippen LogP contribution in [0.15, 0.2) is 95.7 Å². The van der Waals surface area contributed by atoms with Crippen LogP contribution in [-0.2, 0) is 12.3 Å². The highest BCUT2D eigenvalue weighted by Gasteiger charge is 2.15. The van der Waals surface area contributed by atoms with Crippen LogP contribution < -0.4 is 0 Å². The summed E-state index contributed by atoms with van der Waals surface area (Å²) in [4.78, 5) is 1.13. The topological polar surface area (TPSA) is 48.5 Å². The van der Waals surface area contributed by atoms with Crippen molar-refractivity contribution in [3.8, 4) is 16.4 Å². The summed E-state index contributed by atoms with van der Waals surface area (Å²) < 4.78 is 4.07. The van der Waals surface area contributed by atoms with Gasteiger partial charge in [0.1, 0.15) is 0 Å². The van der Waals surface area contributed by atoms with Crippen LogP contribution >= 0.6 is 23.1 Å². The number of benzene rings is 2. The normalized spacial score (nSPS) is 11.1. The number of thiophene rings is 1. The van der Waals surface area contributed by atoms with Crippen LogP contribution in [0.1, 0.15) is 11.1 Å². The average molecular weight is 430 g/mol. The van der Waals surface area contributed by atoms with Crippen LogP contribution in [0.25, 0.3) is 16.4 Å². The Balaban J connectivity index is 1.37. The van der Waals surface area contributed by atoms with Gasteiger partial charge in [0.05, 0.1) is 17.1 Å². The van der Waals surface area contributed by atoms with Gasteiger partial charge in [0, 0.05) is 18.1 Å². The maximum absolute atomic E-state index is 4.51. The van der Waals surface area contributed by atoms with Gasteiger partial charge in [-0.05, 0) is 40.8 Å². The fraction of sp³-hybridized carbons (Fsp3) is 0.0870. The SMILES string of the molecule is c1ccc(Cn2c(SCc3ccc(-n4cccn4)cc3)nnc2-c2cccs2)cc1. The molecule has 5 rings (SSSR count). The first-order valence-corrected chi connectivity index (χ1v) is 11.5. The average Bonchev–Trinajstić information content (AvgIpc) is 3.56. The number of nitrogens with zero attached hydrogens (tertiary/aromatic N) is 5. The van der Waals surface area contributed by atoms with Crippen molar-refractivity contribution in [3.63, 3.8) is 0 Å². The van der Waals surface area contributed by atoms with E-state index in [0.717, 1.165) is 33.8 Å².